The first-order chi connectivity index (χ1) is 46.8. The zero-order valence-electron chi connectivity index (χ0n) is 63.2. The van der Waals surface area contributed by atoms with Crippen molar-refractivity contribution in [3.63, 3.8) is 0 Å². The number of carbonyl (C=O) groups is 2. The van der Waals surface area contributed by atoms with Gasteiger partial charge in [-0.25, -0.2) is 4.57 Å². The Kier molecular flexibility index (Phi) is 78.7. The molecule has 0 aliphatic carbocycles. The monoisotopic (exact) mass is 1350 g/mol. The molecule has 10 heteroatoms. The van der Waals surface area contributed by atoms with Crippen molar-refractivity contribution in [2.24, 2.45) is 5.73 Å². The van der Waals surface area contributed by atoms with Gasteiger partial charge in [-0.15, -0.1) is 0 Å². The molecule has 0 aromatic heterocycles. The van der Waals surface area contributed by atoms with E-state index in [1.54, 1.807) is 0 Å². The average molecular weight is 1360 g/mol. The smallest absolute Gasteiger partial charge is 0.462 e. The second kappa shape index (κ2) is 80.7. The van der Waals surface area contributed by atoms with Crippen molar-refractivity contribution in [3.05, 3.63) is 60.8 Å². The van der Waals surface area contributed by atoms with Crippen LogP contribution in [0.15, 0.2) is 60.8 Å². The zero-order chi connectivity index (χ0) is 68.6. The van der Waals surface area contributed by atoms with E-state index in [0.717, 1.165) is 70.6 Å². The number of unbranched alkanes of at least 4 members (excludes halogenated alkanes) is 57. The summed E-state index contributed by atoms with van der Waals surface area (Å²) in [6.07, 6.45) is 107. The van der Waals surface area contributed by atoms with Gasteiger partial charge < -0.3 is 20.1 Å². The van der Waals surface area contributed by atoms with Crippen molar-refractivity contribution in [3.8, 4) is 0 Å². The molecule has 2 atom stereocenters. The van der Waals surface area contributed by atoms with E-state index in [-0.39, 0.29) is 38.6 Å². The summed E-state index contributed by atoms with van der Waals surface area (Å²) in [5, 5.41) is 0. The molecule has 0 saturated carbocycles. The molecular weight excluding hydrogens is 1190 g/mol. The minimum atomic E-state index is -4.40. The Balaban J connectivity index is 3.72. The molecule has 0 aliphatic rings. The van der Waals surface area contributed by atoms with Gasteiger partial charge in [0.2, 0.25) is 0 Å². The maximum atomic E-state index is 12.8. The van der Waals surface area contributed by atoms with E-state index in [1.165, 1.54) is 334 Å². The first kappa shape index (κ1) is 92.7. The fourth-order valence-electron chi connectivity index (χ4n) is 12.8. The lowest BCUT2D eigenvalue weighted by Crippen LogP contribution is -2.29. The van der Waals surface area contributed by atoms with E-state index in [2.05, 4.69) is 74.6 Å². The largest absolute Gasteiger partial charge is 0.472 e. The van der Waals surface area contributed by atoms with Crippen LogP contribution in [0.2, 0.25) is 0 Å². The number of nitrogens with two attached hydrogens (primary N) is 1. The van der Waals surface area contributed by atoms with E-state index in [4.69, 9.17) is 24.3 Å². The molecule has 0 aromatic rings. The molecule has 0 aliphatic heterocycles. The highest BCUT2D eigenvalue weighted by Crippen LogP contribution is 2.43. The predicted octanol–water partition coefficient (Wildman–Crippen LogP) is 28.1. The van der Waals surface area contributed by atoms with Gasteiger partial charge >= 0.3 is 19.8 Å². The molecular formula is C85H160NO8P. The van der Waals surface area contributed by atoms with Crippen LogP contribution in [-0.4, -0.2) is 49.3 Å². The second-order valence-corrected chi connectivity index (χ2v) is 29.8. The molecule has 0 bridgehead atoms. The van der Waals surface area contributed by atoms with E-state index in [0.29, 0.717) is 6.42 Å². The summed E-state index contributed by atoms with van der Waals surface area (Å²) in [6.45, 7) is 3.71. The van der Waals surface area contributed by atoms with Crippen LogP contribution in [0.4, 0.5) is 0 Å². The first-order valence-corrected chi connectivity index (χ1v) is 43.3. The van der Waals surface area contributed by atoms with E-state index in [1.807, 2.05) is 0 Å². The van der Waals surface area contributed by atoms with Gasteiger partial charge in [0.25, 0.3) is 0 Å². The van der Waals surface area contributed by atoms with E-state index < -0.39 is 26.5 Å². The number of hydrogen-bond donors (Lipinski definition) is 2. The number of phosphoric ester groups is 1. The van der Waals surface area contributed by atoms with Gasteiger partial charge in [0, 0.05) is 19.4 Å². The normalized spacial score (nSPS) is 13.1. The van der Waals surface area contributed by atoms with Crippen LogP contribution in [0, 0.1) is 0 Å². The summed E-state index contributed by atoms with van der Waals surface area (Å²) in [5.41, 5.74) is 5.42. The Bertz CT molecular complexity index is 1750. The molecule has 0 fully saturated rings. The Labute approximate surface area is 590 Å². The molecule has 95 heavy (non-hydrogen) atoms. The molecule has 9 nitrogen and oxygen atoms in total. The molecule has 0 saturated heterocycles. The molecule has 0 spiro atoms. The van der Waals surface area contributed by atoms with Crippen molar-refractivity contribution >= 4 is 19.8 Å². The second-order valence-electron chi connectivity index (χ2n) is 28.3. The fourth-order valence-corrected chi connectivity index (χ4v) is 13.6. The van der Waals surface area contributed by atoms with Gasteiger partial charge in [0.1, 0.15) is 6.61 Å². The highest BCUT2D eigenvalue weighted by Gasteiger charge is 2.26. The van der Waals surface area contributed by atoms with Gasteiger partial charge in [0.15, 0.2) is 6.10 Å². The topological polar surface area (TPSA) is 134 Å². The predicted molar refractivity (Wildman–Crippen MR) is 413 cm³/mol. The quantitative estimate of drug-likeness (QED) is 0.0264. The maximum Gasteiger partial charge on any atom is 0.472 e. The number of esters is 2. The minimum absolute atomic E-state index is 0.0549. The van der Waals surface area contributed by atoms with Crippen molar-refractivity contribution in [2.45, 2.75) is 444 Å². The van der Waals surface area contributed by atoms with Gasteiger partial charge in [-0.1, -0.05) is 428 Å². The molecule has 2 unspecified atom stereocenters. The standard InChI is InChI=1S/C85H160NO8P/c1-3-5-7-9-11-13-15-17-19-21-23-25-27-29-31-33-35-37-38-39-40-41-42-43-44-46-47-49-51-53-55-57-59-61-63-65-67-69-71-73-75-77-84(87)91-81-83(82-93-95(89,90)92-80-79-86)94-85(88)78-76-74-72-70-68-66-64-62-60-58-56-54-52-50-48-45-36-34-32-30-28-26-24-22-20-18-16-14-12-10-8-6-4-2/h6,8,12,14,18,20,24,26,30,32,83H,3-5,7,9-11,13,15-17,19,21-23,25,27-29,31,33-82,86H2,1-2H3,(H,89,90)/b8-6-,14-12-,20-18-,26-24-,32-30-. The van der Waals surface area contributed by atoms with Crippen molar-refractivity contribution < 1.29 is 37.6 Å². The molecule has 3 N–H and O–H groups in total. The maximum absolute atomic E-state index is 12.8. The van der Waals surface area contributed by atoms with Crippen LogP contribution in [0.5, 0.6) is 0 Å². The Morgan fingerprint density at radius 2 is 0.579 bits per heavy atom. The Morgan fingerprint density at radius 3 is 0.863 bits per heavy atom. The van der Waals surface area contributed by atoms with Crippen LogP contribution in [-0.2, 0) is 32.7 Å². The Hall–Kier alpha value is -2.29. The first-order valence-electron chi connectivity index (χ1n) is 41.8. The van der Waals surface area contributed by atoms with Gasteiger partial charge in [-0.3, -0.25) is 18.6 Å². The molecule has 0 amide bonds. The van der Waals surface area contributed by atoms with Crippen LogP contribution in [0.1, 0.15) is 438 Å². The summed E-state index contributed by atoms with van der Waals surface area (Å²) in [6, 6.07) is 0. The summed E-state index contributed by atoms with van der Waals surface area (Å²) in [7, 11) is -4.40. The summed E-state index contributed by atoms with van der Waals surface area (Å²) in [4.78, 5) is 35.5. The molecule has 558 valence electrons. The number of allylic oxidation sites excluding steroid dienone is 10. The van der Waals surface area contributed by atoms with Gasteiger partial charge in [0.05, 0.1) is 13.2 Å². The van der Waals surface area contributed by atoms with E-state index >= 15 is 0 Å². The molecule has 0 heterocycles. The van der Waals surface area contributed by atoms with Gasteiger partial charge in [-0.2, -0.15) is 0 Å². The zero-order valence-corrected chi connectivity index (χ0v) is 64.1. The minimum Gasteiger partial charge on any atom is -0.462 e. The Morgan fingerprint density at radius 1 is 0.326 bits per heavy atom. The number of hydrogen-bond acceptors (Lipinski definition) is 8. The third-order valence-electron chi connectivity index (χ3n) is 18.9. The van der Waals surface area contributed by atoms with Crippen LogP contribution in [0.3, 0.4) is 0 Å². The third-order valence-corrected chi connectivity index (χ3v) is 19.9. The lowest BCUT2D eigenvalue weighted by atomic mass is 10.0. The van der Waals surface area contributed by atoms with Crippen molar-refractivity contribution in [1.29, 1.82) is 0 Å². The molecule has 0 rings (SSSR count). The number of ether oxygens (including phenoxy) is 2. The summed E-state index contributed by atoms with van der Waals surface area (Å²) in [5.74, 6) is -0.805. The number of phosphoric acid groups is 1. The highest BCUT2D eigenvalue weighted by atomic mass is 31.2. The lowest BCUT2D eigenvalue weighted by molar-refractivity contribution is -0.161. The lowest BCUT2D eigenvalue weighted by Gasteiger charge is -2.19. The fraction of sp³-hybridized carbons (Fsp3) is 0.859. The summed E-state index contributed by atoms with van der Waals surface area (Å²) < 4.78 is 33.3. The molecule has 0 radical (unpaired) electrons. The highest BCUT2D eigenvalue weighted by molar-refractivity contribution is 7.47. The summed E-state index contributed by atoms with van der Waals surface area (Å²) >= 11 is 0. The van der Waals surface area contributed by atoms with Gasteiger partial charge in [-0.05, 0) is 57.8 Å². The number of carbonyl (C=O) groups excluding carboxylic acids is 2. The molecule has 0 aromatic carbocycles. The van der Waals surface area contributed by atoms with Crippen molar-refractivity contribution in [2.75, 3.05) is 26.4 Å². The number of rotatable bonds is 80. The van der Waals surface area contributed by atoms with E-state index in [9.17, 15) is 19.0 Å². The SMILES string of the molecule is CC/C=C\C/C=C\C/C=C\C/C=C\C/C=C\CCCCCCCCCCCCCCCCCCCC(=O)OC(COC(=O)CCCCCCCCCCCCCCCCCCCCCCCCCCCCCCCCCCCCCCCCCCC)COP(=O)(O)OCCN. The third kappa shape index (κ3) is 80.6. The van der Waals surface area contributed by atoms with Crippen LogP contribution < -0.4 is 5.73 Å². The average Bonchev–Trinajstić information content (AvgIpc) is 3.25. The van der Waals surface area contributed by atoms with Crippen LogP contribution >= 0.6 is 7.82 Å². The van der Waals surface area contributed by atoms with Crippen LogP contribution in [0.25, 0.3) is 0 Å². The van der Waals surface area contributed by atoms with Crippen molar-refractivity contribution in [1.82, 2.24) is 0 Å².